The quantitative estimate of drug-likeness (QED) is 0.906. The molecule has 1 aromatic rings. The fraction of sp³-hybridized carbons (Fsp3) is 0.538. The Morgan fingerprint density at radius 3 is 3.00 bits per heavy atom. The molecule has 0 bridgehead atoms. The van der Waals surface area contributed by atoms with Crippen LogP contribution in [0.2, 0.25) is 0 Å². The number of nitrogens with two attached hydrogens (primary N) is 1. The van der Waals surface area contributed by atoms with E-state index in [-0.39, 0.29) is 6.04 Å². The molecular weight excluding hydrogens is 266 g/mol. The zero-order valence-electron chi connectivity index (χ0n) is 9.63. The molecule has 0 saturated heterocycles. The second kappa shape index (κ2) is 5.19. The molecule has 0 amide bonds. The number of aryl methyl sites for hydroxylation is 1. The van der Waals surface area contributed by atoms with E-state index in [1.807, 2.05) is 6.92 Å². The van der Waals surface area contributed by atoms with Gasteiger partial charge in [-0.05, 0) is 65.7 Å². The van der Waals surface area contributed by atoms with Gasteiger partial charge in [-0.3, -0.25) is 0 Å². The molecule has 1 aliphatic rings. The topological polar surface area (TPSA) is 35.2 Å². The molecule has 1 aromatic carbocycles. The molecule has 88 valence electrons. The maximum Gasteiger partial charge on any atom is 0.136 e. The van der Waals surface area contributed by atoms with Crippen LogP contribution in [0, 0.1) is 0 Å². The van der Waals surface area contributed by atoms with Gasteiger partial charge in [0.15, 0.2) is 0 Å². The van der Waals surface area contributed by atoms with Crippen molar-refractivity contribution in [3.05, 3.63) is 27.7 Å². The van der Waals surface area contributed by atoms with E-state index < -0.39 is 0 Å². The van der Waals surface area contributed by atoms with Crippen LogP contribution in [0.3, 0.4) is 0 Å². The lowest BCUT2D eigenvalue weighted by Crippen LogP contribution is -2.17. The summed E-state index contributed by atoms with van der Waals surface area (Å²) >= 11 is 3.59. The molecule has 2 rings (SSSR count). The van der Waals surface area contributed by atoms with Gasteiger partial charge in [-0.1, -0.05) is 6.07 Å². The van der Waals surface area contributed by atoms with Gasteiger partial charge < -0.3 is 10.5 Å². The van der Waals surface area contributed by atoms with Crippen LogP contribution in [-0.4, -0.2) is 12.6 Å². The molecule has 1 unspecified atom stereocenters. The lowest BCUT2D eigenvalue weighted by atomic mass is 10.0. The van der Waals surface area contributed by atoms with E-state index in [4.69, 9.17) is 10.5 Å². The molecule has 2 nitrogen and oxygen atoms in total. The SMILES string of the molecule is CC(N)Cc1cc(Br)c2c(c1)CCCCO2. The van der Waals surface area contributed by atoms with Gasteiger partial charge in [-0.25, -0.2) is 0 Å². The average Bonchev–Trinajstić information content (AvgIpc) is 2.41. The Kier molecular flexibility index (Phi) is 3.87. The van der Waals surface area contributed by atoms with Crippen molar-refractivity contribution in [2.45, 2.75) is 38.6 Å². The minimum atomic E-state index is 0.205. The van der Waals surface area contributed by atoms with Crippen LogP contribution in [0.5, 0.6) is 5.75 Å². The zero-order chi connectivity index (χ0) is 11.5. The van der Waals surface area contributed by atoms with Crippen LogP contribution in [0.25, 0.3) is 0 Å². The summed E-state index contributed by atoms with van der Waals surface area (Å²) in [6, 6.07) is 4.58. The van der Waals surface area contributed by atoms with Crippen molar-refractivity contribution in [3.8, 4) is 5.75 Å². The molecule has 3 heteroatoms. The van der Waals surface area contributed by atoms with Gasteiger partial charge in [0.1, 0.15) is 5.75 Å². The maximum atomic E-state index is 5.83. The summed E-state index contributed by atoms with van der Waals surface area (Å²) in [6.45, 7) is 2.87. The first kappa shape index (κ1) is 11.9. The van der Waals surface area contributed by atoms with Crippen LogP contribution in [-0.2, 0) is 12.8 Å². The highest BCUT2D eigenvalue weighted by Gasteiger charge is 2.14. The number of fused-ring (bicyclic) bond motifs is 1. The molecule has 1 atom stereocenters. The van der Waals surface area contributed by atoms with Crippen molar-refractivity contribution in [1.82, 2.24) is 0 Å². The average molecular weight is 284 g/mol. The lowest BCUT2D eigenvalue weighted by molar-refractivity contribution is 0.315. The third-order valence-corrected chi connectivity index (χ3v) is 3.41. The van der Waals surface area contributed by atoms with E-state index in [0.717, 1.165) is 36.1 Å². The molecule has 2 N–H and O–H groups in total. The summed E-state index contributed by atoms with van der Waals surface area (Å²) in [4.78, 5) is 0. The van der Waals surface area contributed by atoms with Crippen molar-refractivity contribution in [1.29, 1.82) is 0 Å². The third-order valence-electron chi connectivity index (χ3n) is 2.82. The van der Waals surface area contributed by atoms with Crippen molar-refractivity contribution in [2.75, 3.05) is 6.61 Å². The van der Waals surface area contributed by atoms with Crippen molar-refractivity contribution < 1.29 is 4.74 Å². The summed E-state index contributed by atoms with van der Waals surface area (Å²) in [5, 5.41) is 0. The molecule has 0 spiro atoms. The van der Waals surface area contributed by atoms with Crippen LogP contribution in [0.15, 0.2) is 16.6 Å². The van der Waals surface area contributed by atoms with E-state index >= 15 is 0 Å². The van der Waals surface area contributed by atoms with Crippen molar-refractivity contribution in [2.24, 2.45) is 5.73 Å². The monoisotopic (exact) mass is 283 g/mol. The van der Waals surface area contributed by atoms with Gasteiger partial charge >= 0.3 is 0 Å². The zero-order valence-corrected chi connectivity index (χ0v) is 11.2. The van der Waals surface area contributed by atoms with Crippen molar-refractivity contribution in [3.63, 3.8) is 0 Å². The number of rotatable bonds is 2. The first-order valence-corrected chi connectivity index (χ1v) is 6.66. The predicted octanol–water partition coefficient (Wildman–Crippen LogP) is 3.05. The summed E-state index contributed by atoms with van der Waals surface area (Å²) in [7, 11) is 0. The van der Waals surface area contributed by atoms with E-state index in [1.165, 1.54) is 17.5 Å². The second-order valence-corrected chi connectivity index (χ2v) is 5.41. The molecule has 0 aliphatic carbocycles. The number of halogens is 1. The summed E-state index contributed by atoms with van der Waals surface area (Å²) < 4.78 is 6.83. The molecule has 0 aromatic heterocycles. The normalized spacial score (nSPS) is 17.2. The first-order valence-electron chi connectivity index (χ1n) is 5.86. The fourth-order valence-corrected chi connectivity index (χ4v) is 2.80. The fourth-order valence-electron chi connectivity index (χ4n) is 2.14. The predicted molar refractivity (Wildman–Crippen MR) is 69.9 cm³/mol. The smallest absolute Gasteiger partial charge is 0.136 e. The van der Waals surface area contributed by atoms with Crippen LogP contribution < -0.4 is 10.5 Å². The van der Waals surface area contributed by atoms with E-state index in [1.54, 1.807) is 0 Å². The molecule has 1 heterocycles. The maximum absolute atomic E-state index is 5.83. The van der Waals surface area contributed by atoms with Gasteiger partial charge in [0.2, 0.25) is 0 Å². The summed E-state index contributed by atoms with van der Waals surface area (Å²) in [5.41, 5.74) is 8.45. The molecule has 16 heavy (non-hydrogen) atoms. The Hall–Kier alpha value is -0.540. The van der Waals surface area contributed by atoms with Crippen LogP contribution in [0.1, 0.15) is 30.9 Å². The van der Waals surface area contributed by atoms with Gasteiger partial charge in [0, 0.05) is 6.04 Å². The first-order chi connectivity index (χ1) is 7.66. The molecule has 0 radical (unpaired) electrons. The van der Waals surface area contributed by atoms with Gasteiger partial charge in [0.05, 0.1) is 11.1 Å². The highest BCUT2D eigenvalue weighted by atomic mass is 79.9. The summed E-state index contributed by atoms with van der Waals surface area (Å²) in [6.07, 6.45) is 4.39. The number of benzene rings is 1. The Labute approximate surface area is 105 Å². The Morgan fingerprint density at radius 2 is 2.25 bits per heavy atom. The van der Waals surface area contributed by atoms with Crippen molar-refractivity contribution >= 4 is 15.9 Å². The van der Waals surface area contributed by atoms with E-state index in [0.29, 0.717) is 0 Å². The highest BCUT2D eigenvalue weighted by Crippen LogP contribution is 2.34. The number of hydrogen-bond acceptors (Lipinski definition) is 2. The van der Waals surface area contributed by atoms with Crippen LogP contribution >= 0.6 is 15.9 Å². The second-order valence-electron chi connectivity index (χ2n) is 4.55. The molecular formula is C13H18BrNO. The highest BCUT2D eigenvalue weighted by molar-refractivity contribution is 9.10. The van der Waals surface area contributed by atoms with E-state index in [2.05, 4.69) is 28.1 Å². The van der Waals surface area contributed by atoms with Crippen LogP contribution in [0.4, 0.5) is 0 Å². The standard InChI is InChI=1S/C13H18BrNO/c1-9(15)6-10-7-11-4-2-3-5-16-13(11)12(14)8-10/h7-9H,2-6,15H2,1H3. The summed E-state index contributed by atoms with van der Waals surface area (Å²) in [5.74, 6) is 1.03. The minimum Gasteiger partial charge on any atom is -0.492 e. The minimum absolute atomic E-state index is 0.205. The molecule has 0 saturated carbocycles. The Bertz CT molecular complexity index is 376. The Morgan fingerprint density at radius 1 is 1.44 bits per heavy atom. The lowest BCUT2D eigenvalue weighted by Gasteiger charge is -2.13. The molecule has 0 fully saturated rings. The van der Waals surface area contributed by atoms with E-state index in [9.17, 15) is 0 Å². The molecule has 1 aliphatic heterocycles. The van der Waals surface area contributed by atoms with Gasteiger partial charge in [-0.15, -0.1) is 0 Å². The number of ether oxygens (including phenoxy) is 1. The number of hydrogen-bond donors (Lipinski definition) is 1. The Balaban J connectivity index is 2.32. The van der Waals surface area contributed by atoms with Gasteiger partial charge in [0.25, 0.3) is 0 Å². The largest absolute Gasteiger partial charge is 0.492 e. The van der Waals surface area contributed by atoms with Gasteiger partial charge in [-0.2, -0.15) is 0 Å². The third kappa shape index (κ3) is 2.77.